The van der Waals surface area contributed by atoms with Crippen molar-refractivity contribution in [1.29, 1.82) is 0 Å². The molecule has 0 fully saturated rings. The number of primary amides is 1. The number of hydrogen-bond acceptors (Lipinski definition) is 3. The third kappa shape index (κ3) is 7.29. The van der Waals surface area contributed by atoms with E-state index in [1.807, 2.05) is 0 Å². The Morgan fingerprint density at radius 2 is 1.72 bits per heavy atom. The van der Waals surface area contributed by atoms with Crippen molar-refractivity contribution in [3.63, 3.8) is 0 Å². The van der Waals surface area contributed by atoms with Gasteiger partial charge in [0.25, 0.3) is 5.70 Å². The van der Waals surface area contributed by atoms with E-state index in [0.29, 0.717) is 6.61 Å². The lowest BCUT2D eigenvalue weighted by Crippen LogP contribution is -2.90. The molecule has 0 radical (unpaired) electrons. The molecule has 0 aliphatic carbocycles. The Kier molecular flexibility index (Phi) is 10.4. The Bertz CT molecular complexity index is 265. The van der Waals surface area contributed by atoms with Crippen LogP contribution in [0.2, 0.25) is 0 Å². The number of hydrogen-bond donors (Lipinski definition) is 3. The Balaban J connectivity index is 3.83. The SMILES string of the molecule is [CH2-][NH2+]C(=O)C([NH2+][CH2-])=C(O)OCCCCCCCC. The van der Waals surface area contributed by atoms with Crippen LogP contribution in [0.25, 0.3) is 0 Å². The van der Waals surface area contributed by atoms with E-state index >= 15 is 0 Å². The maximum Gasteiger partial charge on any atom is 0.375 e. The van der Waals surface area contributed by atoms with Crippen molar-refractivity contribution in [1.82, 2.24) is 0 Å². The Hall–Kier alpha value is -1.07. The summed E-state index contributed by atoms with van der Waals surface area (Å²) in [5.74, 6) is -0.742. The minimum absolute atomic E-state index is 0.0657. The number of amides is 1. The molecular weight excluding hydrogens is 232 g/mol. The van der Waals surface area contributed by atoms with Crippen LogP contribution >= 0.6 is 0 Å². The summed E-state index contributed by atoms with van der Waals surface area (Å²) in [4.78, 5) is 11.3. The van der Waals surface area contributed by atoms with Crippen LogP contribution in [-0.2, 0) is 9.53 Å². The first-order valence-electron chi connectivity index (χ1n) is 6.52. The van der Waals surface area contributed by atoms with Crippen molar-refractivity contribution in [2.75, 3.05) is 6.61 Å². The van der Waals surface area contributed by atoms with Crippen LogP contribution in [0.4, 0.5) is 0 Å². The summed E-state index contributed by atoms with van der Waals surface area (Å²) in [7, 11) is 6.81. The van der Waals surface area contributed by atoms with Gasteiger partial charge >= 0.3 is 11.9 Å². The highest BCUT2D eigenvalue weighted by Crippen LogP contribution is 2.06. The van der Waals surface area contributed by atoms with Crippen molar-refractivity contribution in [2.24, 2.45) is 0 Å². The number of aliphatic hydroxyl groups is 1. The van der Waals surface area contributed by atoms with Gasteiger partial charge in [0.15, 0.2) is 0 Å². The quantitative estimate of drug-likeness (QED) is 0.229. The first-order chi connectivity index (χ1) is 8.67. The fourth-order valence-corrected chi connectivity index (χ4v) is 1.53. The molecule has 0 saturated heterocycles. The van der Waals surface area contributed by atoms with Crippen LogP contribution < -0.4 is 10.6 Å². The summed E-state index contributed by atoms with van der Waals surface area (Å²) in [6.07, 6.45) is 6.87. The van der Waals surface area contributed by atoms with Gasteiger partial charge in [-0.3, -0.25) is 0 Å². The van der Waals surface area contributed by atoms with Gasteiger partial charge in [0.05, 0.1) is 6.61 Å². The van der Waals surface area contributed by atoms with Crippen LogP contribution in [-0.4, -0.2) is 17.6 Å². The number of nitrogens with two attached hydrogens (primary N) is 2. The molecule has 0 bridgehead atoms. The molecule has 0 atom stereocenters. The number of aliphatic hydroxyl groups excluding tert-OH is 1. The van der Waals surface area contributed by atoms with E-state index in [-0.39, 0.29) is 17.5 Å². The number of unbranched alkanes of at least 4 members (excludes halogenated alkanes) is 5. The Morgan fingerprint density at radius 1 is 1.11 bits per heavy atom. The second-order valence-electron chi connectivity index (χ2n) is 4.11. The number of carbonyl (C=O) groups is 1. The fraction of sp³-hybridized carbons (Fsp3) is 0.615. The molecular formula is C13H26N2O3. The second kappa shape index (κ2) is 11.0. The molecule has 0 unspecified atom stereocenters. The van der Waals surface area contributed by atoms with E-state index < -0.39 is 0 Å². The molecule has 1 amide bonds. The number of quaternary nitrogens is 2. The van der Waals surface area contributed by atoms with Crippen LogP contribution in [0.5, 0.6) is 0 Å². The molecule has 0 saturated carbocycles. The lowest BCUT2D eigenvalue weighted by molar-refractivity contribution is -0.572. The van der Waals surface area contributed by atoms with Gasteiger partial charge in [0, 0.05) is 0 Å². The zero-order valence-electron chi connectivity index (χ0n) is 11.3. The van der Waals surface area contributed by atoms with Gasteiger partial charge in [0.1, 0.15) is 0 Å². The van der Waals surface area contributed by atoms with Crippen molar-refractivity contribution in [2.45, 2.75) is 45.4 Å². The molecule has 0 rings (SSSR count). The zero-order chi connectivity index (χ0) is 13.8. The van der Waals surface area contributed by atoms with Crippen molar-refractivity contribution >= 4 is 5.91 Å². The Labute approximate surface area is 110 Å². The standard InChI is InChI=1S/C13H26N2O3/c1-4-5-6-7-8-9-10-18-13(17)11(14-2)12(16)15-3/h17H,2-10,14-15H2,1H3. The van der Waals surface area contributed by atoms with Crippen molar-refractivity contribution in [3.05, 3.63) is 25.7 Å². The van der Waals surface area contributed by atoms with Gasteiger partial charge in [-0.1, -0.05) is 39.0 Å². The summed E-state index contributed by atoms with van der Waals surface area (Å²) >= 11 is 0. The topological polar surface area (TPSA) is 79.8 Å². The van der Waals surface area contributed by atoms with Gasteiger partial charge in [-0.25, -0.2) is 4.79 Å². The van der Waals surface area contributed by atoms with Gasteiger partial charge in [-0.05, 0) is 6.42 Å². The summed E-state index contributed by atoms with van der Waals surface area (Å²) in [5.41, 5.74) is 0.0657. The van der Waals surface area contributed by atoms with Crippen molar-refractivity contribution < 1.29 is 25.3 Å². The molecule has 0 aromatic carbocycles. The molecule has 0 spiro atoms. The maximum atomic E-state index is 11.3. The van der Waals surface area contributed by atoms with Crippen LogP contribution in [0.15, 0.2) is 11.6 Å². The smallest absolute Gasteiger partial charge is 0.375 e. The number of rotatable bonds is 10. The third-order valence-electron chi connectivity index (χ3n) is 2.62. The van der Waals surface area contributed by atoms with E-state index in [0.717, 1.165) is 18.2 Å². The lowest BCUT2D eigenvalue weighted by atomic mass is 10.1. The predicted molar refractivity (Wildman–Crippen MR) is 68.6 cm³/mol. The minimum atomic E-state index is -0.384. The van der Waals surface area contributed by atoms with Gasteiger partial charge < -0.3 is 20.5 Å². The van der Waals surface area contributed by atoms with E-state index in [9.17, 15) is 9.90 Å². The van der Waals surface area contributed by atoms with E-state index in [4.69, 9.17) is 4.74 Å². The summed E-state index contributed by atoms with van der Waals surface area (Å²) in [6.45, 7) is 2.60. The molecule has 18 heavy (non-hydrogen) atoms. The van der Waals surface area contributed by atoms with Crippen LogP contribution in [0.1, 0.15) is 45.4 Å². The maximum absolute atomic E-state index is 11.3. The fourth-order valence-electron chi connectivity index (χ4n) is 1.53. The zero-order valence-corrected chi connectivity index (χ0v) is 11.3. The number of ether oxygens (including phenoxy) is 1. The molecule has 0 aliphatic rings. The predicted octanol–water partition coefficient (Wildman–Crippen LogP) is 0.327. The summed E-state index contributed by atoms with van der Waals surface area (Å²) in [5, 5.41) is 12.0. The molecule has 0 aromatic heterocycles. The van der Waals surface area contributed by atoms with E-state index in [2.05, 4.69) is 21.0 Å². The van der Waals surface area contributed by atoms with Gasteiger partial charge in [-0.15, -0.1) is 14.1 Å². The van der Waals surface area contributed by atoms with E-state index in [1.165, 1.54) is 31.0 Å². The number of carbonyl (C=O) groups excluding carboxylic acids is 1. The summed E-state index contributed by atoms with van der Waals surface area (Å²) < 4.78 is 5.12. The third-order valence-corrected chi connectivity index (χ3v) is 2.62. The van der Waals surface area contributed by atoms with Crippen LogP contribution in [0, 0.1) is 14.1 Å². The van der Waals surface area contributed by atoms with Gasteiger partial charge in [-0.2, -0.15) is 0 Å². The first kappa shape index (κ1) is 16.9. The molecule has 0 heterocycles. The second-order valence-corrected chi connectivity index (χ2v) is 4.11. The average molecular weight is 258 g/mol. The molecule has 106 valence electrons. The summed E-state index contributed by atoms with van der Waals surface area (Å²) in [6, 6.07) is 0. The minimum Gasteiger partial charge on any atom is -0.476 e. The monoisotopic (exact) mass is 258 g/mol. The molecule has 0 aliphatic heterocycles. The molecule has 5 nitrogen and oxygen atoms in total. The van der Waals surface area contributed by atoms with Crippen LogP contribution in [0.3, 0.4) is 0 Å². The van der Waals surface area contributed by atoms with E-state index in [1.54, 1.807) is 0 Å². The normalized spacial score (nSPS) is 12.2. The lowest BCUT2D eigenvalue weighted by Gasteiger charge is -2.08. The highest BCUT2D eigenvalue weighted by atomic mass is 16.6. The van der Waals surface area contributed by atoms with Crippen molar-refractivity contribution in [3.8, 4) is 0 Å². The Morgan fingerprint density at radius 3 is 2.28 bits per heavy atom. The highest BCUT2D eigenvalue weighted by Gasteiger charge is 2.18. The molecule has 5 N–H and O–H groups in total. The highest BCUT2D eigenvalue weighted by molar-refractivity contribution is 5.82. The first-order valence-corrected chi connectivity index (χ1v) is 6.52. The molecule has 0 aromatic rings. The largest absolute Gasteiger partial charge is 0.476 e. The molecule has 5 heteroatoms. The average Bonchev–Trinajstić information content (AvgIpc) is 2.38. The van der Waals surface area contributed by atoms with Gasteiger partial charge in [0.2, 0.25) is 0 Å².